The summed E-state index contributed by atoms with van der Waals surface area (Å²) in [6, 6.07) is 8.56. The topological polar surface area (TPSA) is 32.3 Å². The zero-order valence-corrected chi connectivity index (χ0v) is 12.8. The molecule has 0 radical (unpaired) electrons. The van der Waals surface area contributed by atoms with Gasteiger partial charge in [-0.3, -0.25) is 9.69 Å². The van der Waals surface area contributed by atoms with Gasteiger partial charge in [0.1, 0.15) is 0 Å². The van der Waals surface area contributed by atoms with Crippen molar-refractivity contribution >= 4 is 11.5 Å². The van der Waals surface area contributed by atoms with E-state index in [1.165, 1.54) is 11.3 Å². The fourth-order valence-corrected chi connectivity index (χ4v) is 3.70. The number of fused-ring (bicyclic) bond motifs is 3. The number of likely N-dealkylation sites (N-methyl/N-ethyl adjacent to an activating group) is 1. The molecule has 0 spiro atoms. The molecule has 3 atom stereocenters. The van der Waals surface area contributed by atoms with E-state index in [0.29, 0.717) is 11.7 Å². The van der Waals surface area contributed by atoms with Gasteiger partial charge in [0.2, 0.25) is 0 Å². The molecule has 1 aromatic rings. The van der Waals surface area contributed by atoms with Crippen molar-refractivity contribution in [2.75, 3.05) is 11.9 Å². The van der Waals surface area contributed by atoms with Gasteiger partial charge < -0.3 is 5.32 Å². The number of Topliss-reactive ketones (excluding diaryl/α,β-unsaturated/α-hetero) is 1. The molecule has 108 valence electrons. The second-order valence-corrected chi connectivity index (χ2v) is 6.98. The number of likely N-dealkylation sites (tertiary alicyclic amines) is 1. The third-order valence-corrected chi connectivity index (χ3v) is 4.69. The Bertz CT molecular complexity index is 532. The Morgan fingerprint density at radius 2 is 2.05 bits per heavy atom. The lowest BCUT2D eigenvalue weighted by atomic mass is 9.84. The maximum atomic E-state index is 12.7. The first-order valence-corrected chi connectivity index (χ1v) is 7.59. The van der Waals surface area contributed by atoms with Crippen molar-refractivity contribution in [3.05, 3.63) is 29.8 Å². The van der Waals surface area contributed by atoms with Crippen LogP contribution in [0.5, 0.6) is 0 Å². The zero-order chi connectivity index (χ0) is 14.5. The second-order valence-electron chi connectivity index (χ2n) is 6.98. The van der Waals surface area contributed by atoms with Crippen molar-refractivity contribution in [1.82, 2.24) is 4.90 Å². The fraction of sp³-hybridized carbons (Fsp3) is 0.588. The molecule has 1 fully saturated rings. The lowest BCUT2D eigenvalue weighted by Gasteiger charge is -2.31. The summed E-state index contributed by atoms with van der Waals surface area (Å²) in [6.07, 6.45) is 1.23. The standard InChI is InChI=1S/C17H24N2O/c1-5-19-14(15(20)17(2,3)4)10-12-11-8-6-7-9-13(11)18-16(12)19/h6-9,12,14,16,18H,5,10H2,1-4H3. The van der Waals surface area contributed by atoms with Gasteiger partial charge in [-0.05, 0) is 24.6 Å². The maximum absolute atomic E-state index is 12.7. The van der Waals surface area contributed by atoms with Gasteiger partial charge in [0.25, 0.3) is 0 Å². The van der Waals surface area contributed by atoms with Gasteiger partial charge in [0, 0.05) is 17.0 Å². The highest BCUT2D eigenvalue weighted by Gasteiger charge is 2.49. The van der Waals surface area contributed by atoms with Crippen molar-refractivity contribution in [2.45, 2.75) is 52.2 Å². The molecule has 0 saturated carbocycles. The first kappa shape index (κ1) is 13.6. The van der Waals surface area contributed by atoms with E-state index in [1.807, 2.05) is 20.8 Å². The van der Waals surface area contributed by atoms with E-state index in [1.54, 1.807) is 0 Å². The Morgan fingerprint density at radius 1 is 1.35 bits per heavy atom. The molecule has 2 aliphatic heterocycles. The van der Waals surface area contributed by atoms with Crippen LogP contribution in [0.1, 0.15) is 45.6 Å². The van der Waals surface area contributed by atoms with E-state index in [4.69, 9.17) is 0 Å². The van der Waals surface area contributed by atoms with Crippen molar-refractivity contribution in [1.29, 1.82) is 0 Å². The van der Waals surface area contributed by atoms with Crippen LogP contribution in [0.4, 0.5) is 5.69 Å². The van der Waals surface area contributed by atoms with E-state index >= 15 is 0 Å². The molecule has 3 nitrogen and oxygen atoms in total. The van der Waals surface area contributed by atoms with Gasteiger partial charge in [0.05, 0.1) is 12.2 Å². The van der Waals surface area contributed by atoms with Gasteiger partial charge in [-0.1, -0.05) is 45.9 Å². The third-order valence-electron chi connectivity index (χ3n) is 4.69. The smallest absolute Gasteiger partial charge is 0.155 e. The molecule has 0 aromatic heterocycles. The number of hydrogen-bond acceptors (Lipinski definition) is 3. The van der Waals surface area contributed by atoms with Crippen LogP contribution in [0.15, 0.2) is 24.3 Å². The minimum atomic E-state index is -0.268. The molecule has 0 amide bonds. The summed E-state index contributed by atoms with van der Waals surface area (Å²) in [5.74, 6) is 0.815. The Hall–Kier alpha value is -1.35. The van der Waals surface area contributed by atoms with Crippen LogP contribution in [0.2, 0.25) is 0 Å². The summed E-state index contributed by atoms with van der Waals surface area (Å²) in [4.78, 5) is 15.1. The molecule has 0 bridgehead atoms. The first-order chi connectivity index (χ1) is 9.43. The minimum absolute atomic E-state index is 0.0517. The number of benzene rings is 1. The average molecular weight is 272 g/mol. The van der Waals surface area contributed by atoms with E-state index in [9.17, 15) is 4.79 Å². The summed E-state index contributed by atoms with van der Waals surface area (Å²) in [7, 11) is 0. The predicted octanol–water partition coefficient (Wildman–Crippen LogP) is 3.23. The fourth-order valence-electron chi connectivity index (χ4n) is 3.70. The van der Waals surface area contributed by atoms with Crippen molar-refractivity contribution in [3.63, 3.8) is 0 Å². The van der Waals surface area contributed by atoms with Crippen LogP contribution in [0.25, 0.3) is 0 Å². The molecule has 3 heteroatoms. The molecule has 1 N–H and O–H groups in total. The van der Waals surface area contributed by atoms with Crippen molar-refractivity contribution < 1.29 is 4.79 Å². The van der Waals surface area contributed by atoms with Crippen LogP contribution < -0.4 is 5.32 Å². The highest BCUT2D eigenvalue weighted by Crippen LogP contribution is 2.46. The van der Waals surface area contributed by atoms with Gasteiger partial charge >= 0.3 is 0 Å². The highest BCUT2D eigenvalue weighted by atomic mass is 16.1. The molecule has 1 saturated heterocycles. The zero-order valence-electron chi connectivity index (χ0n) is 12.8. The highest BCUT2D eigenvalue weighted by molar-refractivity contribution is 5.89. The minimum Gasteiger partial charge on any atom is -0.369 e. The van der Waals surface area contributed by atoms with E-state index in [-0.39, 0.29) is 17.6 Å². The number of carbonyl (C=O) groups excluding carboxylic acids is 1. The normalized spacial score (nSPS) is 28.9. The number of para-hydroxylation sites is 1. The van der Waals surface area contributed by atoms with Gasteiger partial charge in [0.15, 0.2) is 5.78 Å². The molecule has 1 aromatic carbocycles. The average Bonchev–Trinajstić information content (AvgIpc) is 2.91. The molecule has 0 aliphatic carbocycles. The summed E-state index contributed by atoms with van der Waals surface area (Å²) in [5, 5.41) is 3.61. The Labute approximate surface area is 121 Å². The largest absolute Gasteiger partial charge is 0.369 e. The molecule has 20 heavy (non-hydrogen) atoms. The van der Waals surface area contributed by atoms with E-state index in [0.717, 1.165) is 13.0 Å². The first-order valence-electron chi connectivity index (χ1n) is 7.59. The molecular formula is C17H24N2O. The van der Waals surface area contributed by atoms with Crippen LogP contribution in [0, 0.1) is 5.41 Å². The number of rotatable bonds is 2. The number of nitrogens with zero attached hydrogens (tertiary/aromatic N) is 1. The predicted molar refractivity (Wildman–Crippen MR) is 81.8 cm³/mol. The van der Waals surface area contributed by atoms with Gasteiger partial charge in [-0.2, -0.15) is 0 Å². The van der Waals surface area contributed by atoms with E-state index < -0.39 is 0 Å². The van der Waals surface area contributed by atoms with Gasteiger partial charge in [-0.15, -0.1) is 0 Å². The Morgan fingerprint density at radius 3 is 2.70 bits per heavy atom. The van der Waals surface area contributed by atoms with Crippen molar-refractivity contribution in [2.24, 2.45) is 5.41 Å². The lowest BCUT2D eigenvalue weighted by Crippen LogP contribution is -2.46. The Balaban J connectivity index is 1.91. The molecule has 2 aliphatic rings. The number of nitrogens with one attached hydrogen (secondary N) is 1. The summed E-state index contributed by atoms with van der Waals surface area (Å²) in [5.41, 5.74) is 2.35. The number of carbonyl (C=O) groups is 1. The van der Waals surface area contributed by atoms with Crippen molar-refractivity contribution in [3.8, 4) is 0 Å². The molecule has 3 unspecified atom stereocenters. The van der Waals surface area contributed by atoms with Crippen LogP contribution >= 0.6 is 0 Å². The quantitative estimate of drug-likeness (QED) is 0.897. The molecule has 2 heterocycles. The second kappa shape index (κ2) is 4.59. The maximum Gasteiger partial charge on any atom is 0.155 e. The summed E-state index contributed by atoms with van der Waals surface area (Å²) in [6.45, 7) is 9.14. The Kier molecular flexibility index (Phi) is 3.13. The van der Waals surface area contributed by atoms with Crippen LogP contribution in [-0.4, -0.2) is 29.4 Å². The summed E-state index contributed by atoms with van der Waals surface area (Å²) < 4.78 is 0. The number of ketones is 1. The lowest BCUT2D eigenvalue weighted by molar-refractivity contribution is -0.131. The van der Waals surface area contributed by atoms with E-state index in [2.05, 4.69) is 41.4 Å². The molecular weight excluding hydrogens is 248 g/mol. The summed E-state index contributed by atoms with van der Waals surface area (Å²) >= 11 is 0. The third kappa shape index (κ3) is 1.96. The SMILES string of the molecule is CCN1C(C(=O)C(C)(C)C)CC2c3ccccc3NC21. The molecule has 3 rings (SSSR count). The van der Waals surface area contributed by atoms with Crippen LogP contribution in [-0.2, 0) is 4.79 Å². The number of anilines is 1. The van der Waals surface area contributed by atoms with Gasteiger partial charge in [-0.25, -0.2) is 0 Å². The van der Waals surface area contributed by atoms with Crippen LogP contribution in [0.3, 0.4) is 0 Å². The number of hydrogen-bond donors (Lipinski definition) is 1. The monoisotopic (exact) mass is 272 g/mol.